The van der Waals surface area contributed by atoms with Gasteiger partial charge >= 0.3 is 0 Å². The van der Waals surface area contributed by atoms with E-state index in [4.69, 9.17) is 9.05 Å². The van der Waals surface area contributed by atoms with Crippen LogP contribution >= 0.6 is 0 Å². The van der Waals surface area contributed by atoms with Crippen LogP contribution in [-0.4, -0.2) is 29.1 Å². The Morgan fingerprint density at radius 3 is 1.41 bits per heavy atom. The largest absolute Gasteiger partial charge is 0.456 e. The van der Waals surface area contributed by atoms with Crippen molar-refractivity contribution in [1.29, 1.82) is 0 Å². The summed E-state index contributed by atoms with van der Waals surface area (Å²) in [5, 5.41) is 7.94. The lowest BCUT2D eigenvalue weighted by Crippen LogP contribution is -2.22. The van der Waals surface area contributed by atoms with Crippen LogP contribution in [-0.2, 0) is 9.05 Å². The van der Waals surface area contributed by atoms with Gasteiger partial charge in [0.15, 0.2) is 0 Å². The van der Waals surface area contributed by atoms with Crippen LogP contribution in [0.3, 0.4) is 0 Å². The quantitative estimate of drug-likeness (QED) is 0.292. The smallest absolute Gasteiger partial charge is 0.278 e. The van der Waals surface area contributed by atoms with Crippen molar-refractivity contribution in [2.75, 3.05) is 0 Å². The molecule has 0 aliphatic heterocycles. The minimum Gasteiger partial charge on any atom is -0.456 e. The minimum absolute atomic E-state index is 0.920. The van der Waals surface area contributed by atoms with Crippen molar-refractivity contribution in [2.45, 2.75) is 58.5 Å². The maximum Gasteiger partial charge on any atom is 0.278 e. The van der Waals surface area contributed by atoms with Gasteiger partial charge in [0, 0.05) is 12.4 Å². The highest BCUT2D eigenvalue weighted by Gasteiger charge is 2.15. The molecule has 0 aromatic heterocycles. The van der Waals surface area contributed by atoms with Crippen molar-refractivity contribution in [3.05, 3.63) is 0 Å². The van der Waals surface area contributed by atoms with Crippen LogP contribution in [0.15, 0.2) is 10.3 Å². The Balaban J connectivity index is 3.47. The second-order valence-corrected chi connectivity index (χ2v) is 14.7. The van der Waals surface area contributed by atoms with Crippen LogP contribution in [0.4, 0.5) is 0 Å². The van der Waals surface area contributed by atoms with E-state index in [9.17, 15) is 0 Å². The molecule has 0 atom stereocenters. The first kappa shape index (κ1) is 16.4. The molecule has 0 amide bonds. The molecular formula is C11H26N2O2Si2. The zero-order chi connectivity index (χ0) is 13.4. The van der Waals surface area contributed by atoms with Crippen molar-refractivity contribution in [3.8, 4) is 0 Å². The van der Waals surface area contributed by atoms with Gasteiger partial charge in [-0.3, -0.25) is 0 Å². The molecule has 6 heteroatoms. The van der Waals surface area contributed by atoms with E-state index in [0.717, 1.165) is 19.3 Å². The van der Waals surface area contributed by atoms with Crippen LogP contribution in [0.2, 0.25) is 39.3 Å². The van der Waals surface area contributed by atoms with E-state index in [2.05, 4.69) is 49.6 Å². The standard InChI is InChI=1S/C11H26N2O2Si2/c1-16(2,3)14-12-10-8-7-9-11-13-15-17(4,5)6/h10-11H,7-9H2,1-6H3. The van der Waals surface area contributed by atoms with E-state index in [1.54, 1.807) is 0 Å². The molecule has 0 fully saturated rings. The Morgan fingerprint density at radius 2 is 1.12 bits per heavy atom. The Morgan fingerprint density at radius 1 is 0.765 bits per heavy atom. The first-order valence-corrected chi connectivity index (χ1v) is 12.9. The molecule has 0 N–H and O–H groups in total. The van der Waals surface area contributed by atoms with Crippen LogP contribution in [0.1, 0.15) is 19.3 Å². The highest BCUT2D eigenvalue weighted by Crippen LogP contribution is 2.03. The summed E-state index contributed by atoms with van der Waals surface area (Å²) in [6.45, 7) is 12.7. The summed E-state index contributed by atoms with van der Waals surface area (Å²) in [5.74, 6) is 0. The fraction of sp³-hybridized carbons (Fsp3) is 0.818. The summed E-state index contributed by atoms with van der Waals surface area (Å²) < 4.78 is 10.7. The zero-order valence-corrected chi connectivity index (χ0v) is 14.0. The predicted octanol–water partition coefficient (Wildman–Crippen LogP) is 3.83. The lowest BCUT2D eigenvalue weighted by atomic mass is 10.3. The molecule has 0 aliphatic carbocycles. The summed E-state index contributed by atoms with van der Waals surface area (Å²) in [4.78, 5) is 0. The zero-order valence-electron chi connectivity index (χ0n) is 12.0. The number of nitrogens with zero attached hydrogens (tertiary/aromatic N) is 2. The van der Waals surface area contributed by atoms with E-state index in [1.165, 1.54) is 0 Å². The van der Waals surface area contributed by atoms with E-state index < -0.39 is 16.6 Å². The molecular weight excluding hydrogens is 248 g/mol. The second kappa shape index (κ2) is 7.65. The molecule has 0 radical (unpaired) electrons. The Labute approximate surface area is 107 Å². The highest BCUT2D eigenvalue weighted by molar-refractivity contribution is 6.70. The monoisotopic (exact) mass is 274 g/mol. The molecule has 0 aromatic rings. The third-order valence-electron chi connectivity index (χ3n) is 1.47. The summed E-state index contributed by atoms with van der Waals surface area (Å²) in [6.07, 6.45) is 6.54. The summed E-state index contributed by atoms with van der Waals surface area (Å²) in [5.41, 5.74) is 0. The lowest BCUT2D eigenvalue weighted by molar-refractivity contribution is 0.336. The van der Waals surface area contributed by atoms with E-state index in [0.29, 0.717) is 0 Å². The van der Waals surface area contributed by atoms with Crippen LogP contribution in [0, 0.1) is 0 Å². The van der Waals surface area contributed by atoms with Crippen molar-refractivity contribution < 1.29 is 9.05 Å². The number of oxime groups is 2. The third-order valence-corrected chi connectivity index (χ3v) is 2.77. The van der Waals surface area contributed by atoms with Gasteiger partial charge in [0.1, 0.15) is 0 Å². The van der Waals surface area contributed by atoms with Crippen molar-refractivity contribution in [3.63, 3.8) is 0 Å². The van der Waals surface area contributed by atoms with Gasteiger partial charge in [-0.05, 0) is 58.5 Å². The lowest BCUT2D eigenvalue weighted by Gasteiger charge is -2.12. The van der Waals surface area contributed by atoms with Crippen LogP contribution < -0.4 is 0 Å². The highest BCUT2D eigenvalue weighted by atomic mass is 28.4. The van der Waals surface area contributed by atoms with Crippen molar-refractivity contribution in [2.24, 2.45) is 10.3 Å². The second-order valence-electron chi connectivity index (χ2n) is 5.91. The fourth-order valence-electron chi connectivity index (χ4n) is 0.797. The summed E-state index contributed by atoms with van der Waals surface area (Å²) >= 11 is 0. The van der Waals surface area contributed by atoms with Crippen molar-refractivity contribution >= 4 is 29.1 Å². The molecule has 0 aromatic carbocycles. The Hall–Kier alpha value is -0.626. The fourth-order valence-corrected chi connectivity index (χ4v) is 1.58. The molecule has 0 saturated carbocycles. The van der Waals surface area contributed by atoms with E-state index in [1.807, 2.05) is 12.4 Å². The average molecular weight is 275 g/mol. The molecule has 100 valence electrons. The Bertz CT molecular complexity index is 229. The Kier molecular flexibility index (Phi) is 7.37. The summed E-state index contributed by atoms with van der Waals surface area (Å²) in [6, 6.07) is 0. The number of hydrogen-bond donors (Lipinski definition) is 0. The van der Waals surface area contributed by atoms with Gasteiger partial charge in [-0.15, -0.1) is 10.3 Å². The molecule has 0 spiro atoms. The normalized spacial score (nSPS) is 13.5. The van der Waals surface area contributed by atoms with Gasteiger partial charge in [-0.1, -0.05) is 0 Å². The number of unbranched alkanes of at least 4 members (excludes halogenated alkanes) is 2. The molecule has 0 rings (SSSR count). The first-order chi connectivity index (χ1) is 7.71. The minimum atomic E-state index is -1.50. The van der Waals surface area contributed by atoms with Gasteiger partial charge < -0.3 is 9.05 Å². The number of rotatable bonds is 8. The molecule has 0 aliphatic rings. The predicted molar refractivity (Wildman–Crippen MR) is 79.7 cm³/mol. The van der Waals surface area contributed by atoms with Crippen LogP contribution in [0.5, 0.6) is 0 Å². The van der Waals surface area contributed by atoms with E-state index >= 15 is 0 Å². The van der Waals surface area contributed by atoms with Gasteiger partial charge in [-0.25, -0.2) is 0 Å². The molecule has 4 nitrogen and oxygen atoms in total. The first-order valence-electron chi connectivity index (χ1n) is 6.11. The van der Waals surface area contributed by atoms with Crippen LogP contribution in [0.25, 0.3) is 0 Å². The average Bonchev–Trinajstić information content (AvgIpc) is 2.11. The van der Waals surface area contributed by atoms with Gasteiger partial charge in [0.2, 0.25) is 0 Å². The molecule has 0 bridgehead atoms. The maximum absolute atomic E-state index is 5.36. The van der Waals surface area contributed by atoms with Gasteiger partial charge in [0.25, 0.3) is 16.6 Å². The molecule has 17 heavy (non-hydrogen) atoms. The molecule has 0 heterocycles. The van der Waals surface area contributed by atoms with E-state index in [-0.39, 0.29) is 0 Å². The summed E-state index contributed by atoms with van der Waals surface area (Å²) in [7, 11) is -3.00. The molecule has 0 saturated heterocycles. The van der Waals surface area contributed by atoms with Crippen molar-refractivity contribution in [1.82, 2.24) is 0 Å². The molecule has 0 unspecified atom stereocenters. The topological polar surface area (TPSA) is 43.2 Å². The van der Waals surface area contributed by atoms with Gasteiger partial charge in [0.05, 0.1) is 0 Å². The van der Waals surface area contributed by atoms with Gasteiger partial charge in [-0.2, -0.15) is 0 Å². The third kappa shape index (κ3) is 15.4. The maximum atomic E-state index is 5.36. The number of hydrogen-bond acceptors (Lipinski definition) is 4. The SMILES string of the molecule is C[Si](C)(C)ON=CCCCC=NO[Si](C)(C)C.